The van der Waals surface area contributed by atoms with Crippen molar-refractivity contribution in [2.75, 3.05) is 6.61 Å². The maximum Gasteiger partial charge on any atom is 0.330 e. The van der Waals surface area contributed by atoms with E-state index in [2.05, 4.69) is 4.98 Å². The minimum atomic E-state index is -1.77. The second-order valence-corrected chi connectivity index (χ2v) is 5.69. The van der Waals surface area contributed by atoms with Gasteiger partial charge in [0.25, 0.3) is 5.56 Å². The first-order valence-corrected chi connectivity index (χ1v) is 6.54. The molecule has 1 saturated heterocycles. The molecule has 1 aromatic heterocycles. The normalized spacial score (nSPS) is 34.7. The quantitative estimate of drug-likeness (QED) is 0.444. The molecule has 106 valence electrons. The molecule has 0 aliphatic carbocycles. The summed E-state index contributed by atoms with van der Waals surface area (Å²) in [7, 11) is 0. The van der Waals surface area contributed by atoms with Crippen molar-refractivity contribution < 1.29 is 20.1 Å². The zero-order valence-electron chi connectivity index (χ0n) is 9.91. The van der Waals surface area contributed by atoms with Gasteiger partial charge in [0, 0.05) is 6.20 Å². The van der Waals surface area contributed by atoms with Crippen molar-refractivity contribution in [2.24, 2.45) is 0 Å². The molecular formula is C10H13IN2O6. The van der Waals surface area contributed by atoms with Crippen LogP contribution in [0.1, 0.15) is 13.2 Å². The molecule has 0 amide bonds. The molecule has 8 nitrogen and oxygen atoms in total. The van der Waals surface area contributed by atoms with Crippen LogP contribution in [0.3, 0.4) is 0 Å². The molecule has 19 heavy (non-hydrogen) atoms. The monoisotopic (exact) mass is 384 g/mol. The Kier molecular flexibility index (Phi) is 3.84. The van der Waals surface area contributed by atoms with Crippen LogP contribution in [0.15, 0.2) is 15.8 Å². The Bertz CT molecular complexity index is 594. The lowest BCUT2D eigenvalue weighted by Crippen LogP contribution is -2.47. The van der Waals surface area contributed by atoms with E-state index in [0.29, 0.717) is 0 Å². The van der Waals surface area contributed by atoms with Crippen LogP contribution in [-0.2, 0) is 4.74 Å². The Morgan fingerprint density at radius 3 is 2.74 bits per heavy atom. The third kappa shape index (κ3) is 2.36. The zero-order valence-corrected chi connectivity index (χ0v) is 12.1. The second-order valence-electron chi connectivity index (χ2n) is 4.52. The first kappa shape index (κ1) is 14.7. The van der Waals surface area contributed by atoms with Crippen LogP contribution in [0, 0.1) is 3.57 Å². The minimum Gasteiger partial charge on any atom is -0.394 e. The van der Waals surface area contributed by atoms with Gasteiger partial charge < -0.3 is 20.1 Å². The average Bonchev–Trinajstić information content (AvgIpc) is 2.56. The average molecular weight is 384 g/mol. The molecule has 0 spiro atoms. The van der Waals surface area contributed by atoms with E-state index < -0.39 is 41.9 Å². The lowest BCUT2D eigenvalue weighted by molar-refractivity contribution is -0.0988. The van der Waals surface area contributed by atoms with E-state index in [4.69, 9.17) is 9.84 Å². The molecule has 0 radical (unpaired) electrons. The van der Waals surface area contributed by atoms with Crippen molar-refractivity contribution in [2.45, 2.75) is 31.0 Å². The molecule has 2 heterocycles. The van der Waals surface area contributed by atoms with Crippen LogP contribution < -0.4 is 11.2 Å². The second kappa shape index (κ2) is 4.98. The van der Waals surface area contributed by atoms with Crippen molar-refractivity contribution in [1.29, 1.82) is 0 Å². The van der Waals surface area contributed by atoms with Crippen LogP contribution in [-0.4, -0.2) is 49.3 Å². The maximum absolute atomic E-state index is 11.7. The first-order valence-electron chi connectivity index (χ1n) is 5.46. The number of ether oxygens (including phenoxy) is 1. The number of aromatic nitrogens is 2. The summed E-state index contributed by atoms with van der Waals surface area (Å²) in [4.78, 5) is 25.1. The van der Waals surface area contributed by atoms with Gasteiger partial charge in [-0.1, -0.05) is 0 Å². The number of hydrogen-bond donors (Lipinski definition) is 4. The molecule has 4 atom stereocenters. The molecular weight excluding hydrogens is 371 g/mol. The standard InChI is InChI=1S/C10H13IN2O6/c1-10(18)6(15)5(3-14)19-8(10)13-2-4(11)7(16)12-9(13)17/h2,5-6,8,14-15,18H,3H2,1H3,(H,12,16,17)/t5-,6-,8-,10-/m1/s1. The molecule has 4 N–H and O–H groups in total. The lowest BCUT2D eigenvalue weighted by atomic mass is 9.96. The lowest BCUT2D eigenvalue weighted by Gasteiger charge is -2.27. The third-order valence-corrected chi connectivity index (χ3v) is 3.88. The highest BCUT2D eigenvalue weighted by atomic mass is 127. The van der Waals surface area contributed by atoms with Gasteiger partial charge in [-0.3, -0.25) is 14.3 Å². The summed E-state index contributed by atoms with van der Waals surface area (Å²) >= 11 is 1.73. The molecule has 1 aliphatic heterocycles. The number of aromatic amines is 1. The number of H-pyrrole nitrogens is 1. The number of nitrogens with one attached hydrogen (secondary N) is 1. The van der Waals surface area contributed by atoms with Gasteiger partial charge in [0.15, 0.2) is 6.23 Å². The molecule has 9 heteroatoms. The Hall–Kier alpha value is -0.750. The van der Waals surface area contributed by atoms with Gasteiger partial charge in [-0.2, -0.15) is 0 Å². The molecule has 1 fully saturated rings. The number of aliphatic hydroxyl groups excluding tert-OH is 2. The molecule has 1 aromatic rings. The molecule has 0 bridgehead atoms. The van der Waals surface area contributed by atoms with Gasteiger partial charge >= 0.3 is 5.69 Å². The van der Waals surface area contributed by atoms with E-state index in [1.54, 1.807) is 22.6 Å². The summed E-state index contributed by atoms with van der Waals surface area (Å²) in [6.45, 7) is 0.797. The summed E-state index contributed by atoms with van der Waals surface area (Å²) in [5.41, 5.74) is -3.07. The van der Waals surface area contributed by atoms with Gasteiger partial charge in [-0.25, -0.2) is 4.79 Å². The first-order chi connectivity index (χ1) is 8.78. The largest absolute Gasteiger partial charge is 0.394 e. The highest BCUT2D eigenvalue weighted by Gasteiger charge is 2.53. The van der Waals surface area contributed by atoms with Crippen molar-refractivity contribution in [3.8, 4) is 0 Å². The Balaban J connectivity index is 2.51. The van der Waals surface area contributed by atoms with Crippen molar-refractivity contribution in [1.82, 2.24) is 9.55 Å². The summed E-state index contributed by atoms with van der Waals surface area (Å²) in [6, 6.07) is 0. The molecule has 0 unspecified atom stereocenters. The van der Waals surface area contributed by atoms with Crippen LogP contribution in [0.4, 0.5) is 0 Å². The van der Waals surface area contributed by atoms with Gasteiger partial charge in [0.2, 0.25) is 0 Å². The predicted molar refractivity (Wildman–Crippen MR) is 71.7 cm³/mol. The van der Waals surface area contributed by atoms with E-state index in [9.17, 15) is 19.8 Å². The molecule has 1 aliphatic rings. The number of rotatable bonds is 2. The van der Waals surface area contributed by atoms with Gasteiger partial charge in [0.1, 0.15) is 17.8 Å². The Morgan fingerprint density at radius 1 is 1.58 bits per heavy atom. The fourth-order valence-electron chi connectivity index (χ4n) is 2.03. The van der Waals surface area contributed by atoms with Crippen molar-refractivity contribution in [3.05, 3.63) is 30.6 Å². The van der Waals surface area contributed by atoms with E-state index in [1.807, 2.05) is 0 Å². The topological polar surface area (TPSA) is 125 Å². The predicted octanol–water partition coefficient (Wildman–Crippen LogP) is -1.86. The van der Waals surface area contributed by atoms with E-state index in [0.717, 1.165) is 4.57 Å². The molecule has 0 saturated carbocycles. The number of halogens is 1. The van der Waals surface area contributed by atoms with Crippen molar-refractivity contribution >= 4 is 22.6 Å². The van der Waals surface area contributed by atoms with Crippen LogP contribution in [0.25, 0.3) is 0 Å². The number of aliphatic hydroxyl groups is 3. The van der Waals surface area contributed by atoms with E-state index in [-0.39, 0.29) is 3.57 Å². The maximum atomic E-state index is 11.7. The summed E-state index contributed by atoms with van der Waals surface area (Å²) in [5.74, 6) is 0. The van der Waals surface area contributed by atoms with E-state index in [1.165, 1.54) is 13.1 Å². The number of nitrogens with zero attached hydrogens (tertiary/aromatic N) is 1. The fourth-order valence-corrected chi connectivity index (χ4v) is 2.46. The smallest absolute Gasteiger partial charge is 0.330 e. The number of hydrogen-bond acceptors (Lipinski definition) is 6. The van der Waals surface area contributed by atoms with E-state index >= 15 is 0 Å². The third-order valence-electron chi connectivity index (χ3n) is 3.11. The Labute approximate surface area is 120 Å². The summed E-state index contributed by atoms with van der Waals surface area (Å²) < 4.78 is 6.51. The van der Waals surface area contributed by atoms with Gasteiger partial charge in [-0.15, -0.1) is 0 Å². The van der Waals surface area contributed by atoms with Crippen LogP contribution >= 0.6 is 22.6 Å². The highest BCUT2D eigenvalue weighted by molar-refractivity contribution is 14.1. The minimum absolute atomic E-state index is 0.235. The molecule has 0 aromatic carbocycles. The fraction of sp³-hybridized carbons (Fsp3) is 0.600. The SMILES string of the molecule is C[C@@]1(O)[C@H](O)[C@@H](CO)O[C@H]1n1cc(I)c(=O)[nH]c1=O. The Morgan fingerprint density at radius 2 is 2.21 bits per heavy atom. The van der Waals surface area contributed by atoms with Gasteiger partial charge in [0.05, 0.1) is 10.2 Å². The highest BCUT2D eigenvalue weighted by Crippen LogP contribution is 2.37. The summed E-state index contributed by atoms with van der Waals surface area (Å²) in [5, 5.41) is 29.1. The molecule has 2 rings (SSSR count). The van der Waals surface area contributed by atoms with Gasteiger partial charge in [-0.05, 0) is 29.5 Å². The van der Waals surface area contributed by atoms with Crippen molar-refractivity contribution in [3.63, 3.8) is 0 Å². The zero-order chi connectivity index (χ0) is 14.4. The summed E-state index contributed by atoms with van der Waals surface area (Å²) in [6.07, 6.45) is -2.32. The van der Waals surface area contributed by atoms with Crippen LogP contribution in [0.5, 0.6) is 0 Å². The van der Waals surface area contributed by atoms with Crippen LogP contribution in [0.2, 0.25) is 0 Å².